The van der Waals surface area contributed by atoms with Gasteiger partial charge in [-0.1, -0.05) is 17.7 Å². The Labute approximate surface area is 139 Å². The van der Waals surface area contributed by atoms with E-state index in [1.54, 1.807) is 0 Å². The number of hydrogen-bond acceptors (Lipinski definition) is 5. The Kier molecular flexibility index (Phi) is 5.05. The third-order valence-electron chi connectivity index (χ3n) is 3.52. The average Bonchev–Trinajstić information content (AvgIpc) is 2.89. The lowest BCUT2D eigenvalue weighted by Gasteiger charge is -2.22. The van der Waals surface area contributed by atoms with Gasteiger partial charge in [-0.15, -0.1) is 0 Å². The molecule has 1 fully saturated rings. The molecular formula is C13H16ClNO6S2. The first kappa shape index (κ1) is 18.2. The SMILES string of the molecule is CS(=O)(=O)Cc1ccc(Cl)cc1S(=O)(=O)N1CCC[C@@H]1C(=O)O. The van der Waals surface area contributed by atoms with Crippen molar-refractivity contribution in [2.75, 3.05) is 12.8 Å². The molecule has 2 rings (SSSR count). The van der Waals surface area contributed by atoms with Gasteiger partial charge in [-0.2, -0.15) is 4.31 Å². The number of sulfone groups is 1. The molecular weight excluding hydrogens is 366 g/mol. The second kappa shape index (κ2) is 6.39. The van der Waals surface area contributed by atoms with E-state index in [9.17, 15) is 26.7 Å². The summed E-state index contributed by atoms with van der Waals surface area (Å²) in [5.74, 6) is -1.69. The van der Waals surface area contributed by atoms with Gasteiger partial charge in [-0.05, 0) is 30.5 Å². The van der Waals surface area contributed by atoms with Crippen LogP contribution >= 0.6 is 11.6 Å². The number of carbonyl (C=O) groups is 1. The number of carboxylic acids is 1. The fourth-order valence-corrected chi connectivity index (χ4v) is 5.62. The van der Waals surface area contributed by atoms with E-state index in [4.69, 9.17) is 11.6 Å². The van der Waals surface area contributed by atoms with Crippen molar-refractivity contribution in [2.24, 2.45) is 0 Å². The largest absolute Gasteiger partial charge is 0.480 e. The topological polar surface area (TPSA) is 109 Å². The number of sulfonamides is 1. The van der Waals surface area contributed by atoms with Crippen LogP contribution in [0.3, 0.4) is 0 Å². The third kappa shape index (κ3) is 4.03. The minimum Gasteiger partial charge on any atom is -0.480 e. The van der Waals surface area contributed by atoms with Crippen LogP contribution in [-0.4, -0.2) is 51.1 Å². The summed E-state index contributed by atoms with van der Waals surface area (Å²) in [5, 5.41) is 9.31. The van der Waals surface area contributed by atoms with Gasteiger partial charge in [0.2, 0.25) is 10.0 Å². The Morgan fingerprint density at radius 3 is 2.57 bits per heavy atom. The quantitative estimate of drug-likeness (QED) is 0.818. The maximum atomic E-state index is 12.8. The van der Waals surface area contributed by atoms with Crippen molar-refractivity contribution in [1.82, 2.24) is 4.31 Å². The standard InChI is InChI=1S/C13H16ClNO6S2/c1-22(18,19)8-9-4-5-10(14)7-12(9)23(20,21)15-6-2-3-11(15)13(16)17/h4-5,7,11H,2-3,6,8H2,1H3,(H,16,17)/t11-/m1/s1. The summed E-state index contributed by atoms with van der Waals surface area (Å²) in [6.45, 7) is 0.0735. The monoisotopic (exact) mass is 381 g/mol. The second-order valence-corrected chi connectivity index (χ2v) is 9.87. The minimum absolute atomic E-state index is 0.0735. The molecule has 0 aromatic heterocycles. The van der Waals surface area contributed by atoms with Gasteiger partial charge >= 0.3 is 5.97 Å². The zero-order valence-electron chi connectivity index (χ0n) is 12.3. The maximum absolute atomic E-state index is 12.8. The van der Waals surface area contributed by atoms with Crippen molar-refractivity contribution in [2.45, 2.75) is 29.5 Å². The zero-order valence-corrected chi connectivity index (χ0v) is 14.7. The first-order valence-electron chi connectivity index (χ1n) is 6.73. The third-order valence-corrected chi connectivity index (χ3v) is 6.58. The number of nitrogens with zero attached hydrogens (tertiary/aromatic N) is 1. The van der Waals surface area contributed by atoms with Gasteiger partial charge in [0, 0.05) is 17.8 Å². The predicted octanol–water partition coefficient (Wildman–Crippen LogP) is 1.12. The lowest BCUT2D eigenvalue weighted by Crippen LogP contribution is -2.40. The first-order chi connectivity index (χ1) is 10.5. The van der Waals surface area contributed by atoms with Gasteiger partial charge in [-0.3, -0.25) is 4.79 Å². The highest BCUT2D eigenvalue weighted by atomic mass is 35.5. The molecule has 1 saturated heterocycles. The molecule has 1 N–H and O–H groups in total. The van der Waals surface area contributed by atoms with E-state index in [0.717, 1.165) is 16.6 Å². The molecule has 10 heteroatoms. The normalized spacial score (nSPS) is 19.8. The summed E-state index contributed by atoms with van der Waals surface area (Å²) < 4.78 is 49.6. The summed E-state index contributed by atoms with van der Waals surface area (Å²) in [6.07, 6.45) is 1.64. The van der Waals surface area contributed by atoms with Gasteiger partial charge in [0.25, 0.3) is 0 Å². The van der Waals surface area contributed by atoms with E-state index in [-0.39, 0.29) is 28.4 Å². The molecule has 0 bridgehead atoms. The van der Waals surface area contributed by atoms with Crippen LogP contribution in [0.25, 0.3) is 0 Å². The van der Waals surface area contributed by atoms with Gasteiger partial charge in [0.1, 0.15) is 6.04 Å². The fraction of sp³-hybridized carbons (Fsp3) is 0.462. The van der Waals surface area contributed by atoms with E-state index >= 15 is 0 Å². The average molecular weight is 382 g/mol. The number of aliphatic carboxylic acids is 1. The molecule has 1 aliphatic rings. The number of hydrogen-bond donors (Lipinski definition) is 1. The van der Waals surface area contributed by atoms with E-state index in [1.165, 1.54) is 12.1 Å². The minimum atomic E-state index is -4.15. The molecule has 0 spiro atoms. The van der Waals surface area contributed by atoms with Crippen LogP contribution in [0, 0.1) is 0 Å². The van der Waals surface area contributed by atoms with E-state index < -0.39 is 37.6 Å². The summed E-state index contributed by atoms with van der Waals surface area (Å²) in [4.78, 5) is 11.0. The van der Waals surface area contributed by atoms with Crippen LogP contribution in [0.4, 0.5) is 0 Å². The Morgan fingerprint density at radius 2 is 2.00 bits per heavy atom. The van der Waals surface area contributed by atoms with E-state index in [1.807, 2.05) is 0 Å². The number of halogens is 1. The van der Waals surface area contributed by atoms with Gasteiger partial charge in [0.15, 0.2) is 9.84 Å². The highest BCUT2D eigenvalue weighted by Crippen LogP contribution is 2.30. The maximum Gasteiger partial charge on any atom is 0.322 e. The van der Waals surface area contributed by atoms with Gasteiger partial charge in [-0.25, -0.2) is 16.8 Å². The molecule has 7 nitrogen and oxygen atoms in total. The molecule has 1 aromatic carbocycles. The Hall–Kier alpha value is -1.16. The number of rotatable bonds is 5. The second-order valence-electron chi connectivity index (χ2n) is 5.43. The summed E-state index contributed by atoms with van der Waals surface area (Å²) in [5.41, 5.74) is 0.0768. The number of carboxylic acid groups (broad SMARTS) is 1. The Bertz CT molecular complexity index is 834. The Morgan fingerprint density at radius 1 is 1.35 bits per heavy atom. The number of benzene rings is 1. The van der Waals surface area contributed by atoms with Crippen molar-refractivity contribution in [3.05, 3.63) is 28.8 Å². The lowest BCUT2D eigenvalue weighted by atomic mass is 10.2. The predicted molar refractivity (Wildman–Crippen MR) is 84.5 cm³/mol. The van der Waals surface area contributed by atoms with Gasteiger partial charge < -0.3 is 5.11 Å². The summed E-state index contributed by atoms with van der Waals surface area (Å²) >= 11 is 5.85. The fourth-order valence-electron chi connectivity index (χ4n) is 2.57. The molecule has 1 atom stereocenters. The van der Waals surface area contributed by atoms with Crippen LogP contribution in [-0.2, 0) is 30.4 Å². The molecule has 0 saturated carbocycles. The highest BCUT2D eigenvalue weighted by Gasteiger charge is 2.40. The highest BCUT2D eigenvalue weighted by molar-refractivity contribution is 7.90. The van der Waals surface area contributed by atoms with Crippen LogP contribution in [0.1, 0.15) is 18.4 Å². The van der Waals surface area contributed by atoms with Crippen molar-refractivity contribution in [3.63, 3.8) is 0 Å². The molecule has 1 aliphatic heterocycles. The molecule has 0 amide bonds. The molecule has 1 aromatic rings. The van der Waals surface area contributed by atoms with Crippen molar-refractivity contribution in [3.8, 4) is 0 Å². The summed E-state index contributed by atoms with van der Waals surface area (Å²) in [6, 6.07) is 2.75. The zero-order chi connectivity index (χ0) is 17.4. The van der Waals surface area contributed by atoms with E-state index in [2.05, 4.69) is 0 Å². The smallest absolute Gasteiger partial charge is 0.322 e. The molecule has 0 radical (unpaired) electrons. The summed E-state index contributed by atoms with van der Waals surface area (Å²) in [7, 11) is -7.62. The van der Waals surface area contributed by atoms with Crippen LogP contribution in [0.15, 0.2) is 23.1 Å². The van der Waals surface area contributed by atoms with Crippen LogP contribution in [0.2, 0.25) is 5.02 Å². The van der Waals surface area contributed by atoms with Crippen LogP contribution in [0.5, 0.6) is 0 Å². The molecule has 128 valence electrons. The Balaban J connectivity index is 2.55. The molecule has 1 heterocycles. The lowest BCUT2D eigenvalue weighted by molar-refractivity contribution is -0.140. The first-order valence-corrected chi connectivity index (χ1v) is 10.6. The van der Waals surface area contributed by atoms with Gasteiger partial charge in [0.05, 0.1) is 10.6 Å². The van der Waals surface area contributed by atoms with Crippen molar-refractivity contribution in [1.29, 1.82) is 0 Å². The molecule has 23 heavy (non-hydrogen) atoms. The molecule has 0 unspecified atom stereocenters. The van der Waals surface area contributed by atoms with Crippen molar-refractivity contribution < 1.29 is 26.7 Å². The van der Waals surface area contributed by atoms with Crippen molar-refractivity contribution >= 4 is 37.4 Å². The van der Waals surface area contributed by atoms with E-state index in [0.29, 0.717) is 6.42 Å². The van der Waals surface area contributed by atoms with Crippen LogP contribution < -0.4 is 0 Å². The molecule has 0 aliphatic carbocycles.